The summed E-state index contributed by atoms with van der Waals surface area (Å²) in [5.74, 6) is 0. The van der Waals surface area contributed by atoms with Gasteiger partial charge in [-0.15, -0.1) is 0 Å². The van der Waals surface area contributed by atoms with E-state index in [1.807, 2.05) is 0 Å². The fourth-order valence-electron chi connectivity index (χ4n) is 0.899. The van der Waals surface area contributed by atoms with Crippen LogP contribution in [0.2, 0.25) is 0 Å². The number of hydrogen-bond donors (Lipinski definition) is 2. The molecule has 0 amide bonds. The highest BCUT2D eigenvalue weighted by Gasteiger charge is 2.30. The first-order valence-electron chi connectivity index (χ1n) is 3.52. The molecule has 0 fully saturated rings. The third-order valence-electron chi connectivity index (χ3n) is 1.56. The molecule has 0 spiro atoms. The molecule has 0 aliphatic carbocycles. The van der Waals surface area contributed by atoms with E-state index in [0.717, 1.165) is 12.1 Å². The Balaban J connectivity index is 3.06. The van der Waals surface area contributed by atoms with E-state index in [2.05, 4.69) is 0 Å². The molecule has 13 heavy (non-hydrogen) atoms. The highest BCUT2D eigenvalue weighted by Crippen LogP contribution is 2.30. The summed E-state index contributed by atoms with van der Waals surface area (Å²) in [6.45, 7) is 0. The smallest absolute Gasteiger partial charge is 0.375 e. The molecule has 0 radical (unpaired) electrons. The molecule has 2 nitrogen and oxygen atoms in total. The normalized spacial score (nSPS) is 14.2. The van der Waals surface area contributed by atoms with Crippen molar-refractivity contribution in [2.45, 2.75) is 12.4 Å². The van der Waals surface area contributed by atoms with Gasteiger partial charge in [0.1, 0.15) is 6.23 Å². The van der Waals surface area contributed by atoms with Gasteiger partial charge in [-0.05, 0) is 17.7 Å². The quantitative estimate of drug-likeness (QED) is 0.663. The second kappa shape index (κ2) is 3.35. The second-order valence-electron chi connectivity index (χ2n) is 2.57. The molecule has 72 valence electrons. The Morgan fingerprint density at radius 3 is 2.38 bits per heavy atom. The van der Waals surface area contributed by atoms with Crippen molar-refractivity contribution in [1.82, 2.24) is 0 Å². The van der Waals surface area contributed by atoms with Crippen molar-refractivity contribution < 1.29 is 18.3 Å². The summed E-state index contributed by atoms with van der Waals surface area (Å²) in [7, 11) is 0. The minimum absolute atomic E-state index is 0.0508. The van der Waals surface area contributed by atoms with E-state index in [1.165, 1.54) is 12.1 Å². The molecule has 1 atom stereocenters. The van der Waals surface area contributed by atoms with E-state index in [1.54, 1.807) is 0 Å². The maximum atomic E-state index is 12.1. The first kappa shape index (κ1) is 10.0. The number of aliphatic hydroxyl groups excluding tert-OH is 1. The number of benzene rings is 1. The Hall–Kier alpha value is -1.07. The minimum Gasteiger partial charge on any atom is -0.375 e. The van der Waals surface area contributed by atoms with Gasteiger partial charge < -0.3 is 10.8 Å². The maximum absolute atomic E-state index is 12.1. The van der Waals surface area contributed by atoms with Crippen molar-refractivity contribution in [1.29, 1.82) is 0 Å². The summed E-state index contributed by atoms with van der Waals surface area (Å²) >= 11 is 0. The van der Waals surface area contributed by atoms with Crippen molar-refractivity contribution in [2.24, 2.45) is 5.73 Å². The van der Waals surface area contributed by atoms with Crippen molar-refractivity contribution >= 4 is 0 Å². The van der Waals surface area contributed by atoms with Crippen LogP contribution in [0.1, 0.15) is 17.4 Å². The van der Waals surface area contributed by atoms with Crippen LogP contribution in [-0.2, 0) is 6.18 Å². The van der Waals surface area contributed by atoms with Crippen molar-refractivity contribution in [3.8, 4) is 0 Å². The van der Waals surface area contributed by atoms with E-state index < -0.39 is 18.0 Å². The van der Waals surface area contributed by atoms with Gasteiger partial charge in [-0.1, -0.05) is 12.1 Å². The van der Waals surface area contributed by atoms with Gasteiger partial charge in [0.15, 0.2) is 0 Å². The molecule has 5 heteroatoms. The van der Waals surface area contributed by atoms with Gasteiger partial charge in [-0.25, -0.2) is 0 Å². The number of rotatable bonds is 1. The summed E-state index contributed by atoms with van der Waals surface area (Å²) in [5.41, 5.74) is 4.25. The second-order valence-corrected chi connectivity index (χ2v) is 2.57. The van der Waals surface area contributed by atoms with Crippen LogP contribution in [0, 0.1) is 0 Å². The standard InChI is InChI=1S/C8H8F3NO/c9-8(10,11)6-3-1-2-5(4-6)7(12)13/h1-4,7,13H,12H2. The van der Waals surface area contributed by atoms with Gasteiger partial charge >= 0.3 is 6.18 Å². The molecular weight excluding hydrogens is 183 g/mol. The Morgan fingerprint density at radius 2 is 1.92 bits per heavy atom. The topological polar surface area (TPSA) is 46.2 Å². The summed E-state index contributed by atoms with van der Waals surface area (Å²) in [6.07, 6.45) is -5.77. The van der Waals surface area contributed by atoms with Crippen molar-refractivity contribution in [2.75, 3.05) is 0 Å². The third kappa shape index (κ3) is 2.43. The Morgan fingerprint density at radius 1 is 1.31 bits per heavy atom. The Kier molecular flexibility index (Phi) is 2.58. The zero-order valence-corrected chi connectivity index (χ0v) is 6.55. The predicted octanol–water partition coefficient (Wildman–Crippen LogP) is 1.66. The molecule has 1 rings (SSSR count). The highest BCUT2D eigenvalue weighted by atomic mass is 19.4. The number of nitrogens with two attached hydrogens (primary N) is 1. The zero-order valence-electron chi connectivity index (χ0n) is 6.55. The Labute approximate surface area is 72.8 Å². The average molecular weight is 191 g/mol. The molecule has 0 aromatic heterocycles. The average Bonchev–Trinajstić information content (AvgIpc) is 2.03. The summed E-state index contributed by atoms with van der Waals surface area (Å²) in [6, 6.07) is 4.28. The predicted molar refractivity (Wildman–Crippen MR) is 40.6 cm³/mol. The van der Waals surface area contributed by atoms with Gasteiger partial charge in [0.25, 0.3) is 0 Å². The van der Waals surface area contributed by atoms with E-state index in [9.17, 15) is 13.2 Å². The van der Waals surface area contributed by atoms with Crippen LogP contribution in [0.5, 0.6) is 0 Å². The van der Waals surface area contributed by atoms with E-state index in [4.69, 9.17) is 10.8 Å². The largest absolute Gasteiger partial charge is 0.416 e. The molecule has 1 unspecified atom stereocenters. The van der Waals surface area contributed by atoms with Gasteiger partial charge in [0.05, 0.1) is 5.56 Å². The number of aliphatic hydroxyl groups is 1. The van der Waals surface area contributed by atoms with Crippen LogP contribution in [0.3, 0.4) is 0 Å². The monoisotopic (exact) mass is 191 g/mol. The lowest BCUT2D eigenvalue weighted by Crippen LogP contribution is -2.11. The summed E-state index contributed by atoms with van der Waals surface area (Å²) in [5, 5.41) is 8.82. The molecule has 0 saturated carbocycles. The first-order valence-corrected chi connectivity index (χ1v) is 3.52. The van der Waals surface area contributed by atoms with Crippen molar-refractivity contribution in [3.63, 3.8) is 0 Å². The molecular formula is C8H8F3NO. The lowest BCUT2D eigenvalue weighted by atomic mass is 10.1. The number of alkyl halides is 3. The zero-order chi connectivity index (χ0) is 10.1. The molecule has 1 aromatic carbocycles. The maximum Gasteiger partial charge on any atom is 0.416 e. The van der Waals surface area contributed by atoms with Crippen LogP contribution in [0.4, 0.5) is 13.2 Å². The number of hydrogen-bond acceptors (Lipinski definition) is 2. The fraction of sp³-hybridized carbons (Fsp3) is 0.250. The van der Waals surface area contributed by atoms with Crippen LogP contribution < -0.4 is 5.73 Å². The van der Waals surface area contributed by atoms with E-state index in [-0.39, 0.29) is 5.56 Å². The van der Waals surface area contributed by atoms with Crippen LogP contribution in [0.15, 0.2) is 24.3 Å². The fourth-order valence-corrected chi connectivity index (χ4v) is 0.899. The molecule has 0 saturated heterocycles. The van der Waals surface area contributed by atoms with Gasteiger partial charge in [0.2, 0.25) is 0 Å². The van der Waals surface area contributed by atoms with E-state index in [0.29, 0.717) is 0 Å². The van der Waals surface area contributed by atoms with Crippen LogP contribution in [-0.4, -0.2) is 5.11 Å². The minimum atomic E-state index is -4.40. The molecule has 3 N–H and O–H groups in total. The molecule has 1 aromatic rings. The molecule has 0 aliphatic heterocycles. The lowest BCUT2D eigenvalue weighted by molar-refractivity contribution is -0.137. The molecule has 0 heterocycles. The summed E-state index contributed by atoms with van der Waals surface area (Å²) in [4.78, 5) is 0. The number of halogens is 3. The van der Waals surface area contributed by atoms with Gasteiger partial charge in [-0.2, -0.15) is 13.2 Å². The molecule has 0 bridgehead atoms. The lowest BCUT2D eigenvalue weighted by Gasteiger charge is -2.09. The molecule has 0 aliphatic rings. The van der Waals surface area contributed by atoms with Gasteiger partial charge in [0, 0.05) is 0 Å². The summed E-state index contributed by atoms with van der Waals surface area (Å²) < 4.78 is 36.3. The first-order chi connectivity index (χ1) is 5.91. The third-order valence-corrected chi connectivity index (χ3v) is 1.56. The van der Waals surface area contributed by atoms with Gasteiger partial charge in [-0.3, -0.25) is 0 Å². The SMILES string of the molecule is NC(O)c1cccc(C(F)(F)F)c1. The van der Waals surface area contributed by atoms with E-state index >= 15 is 0 Å². The van der Waals surface area contributed by atoms with Crippen LogP contribution in [0.25, 0.3) is 0 Å². The highest BCUT2D eigenvalue weighted by molar-refractivity contribution is 5.26. The van der Waals surface area contributed by atoms with Crippen LogP contribution >= 0.6 is 0 Å². The Bertz CT molecular complexity index is 296. The van der Waals surface area contributed by atoms with Crippen molar-refractivity contribution in [3.05, 3.63) is 35.4 Å².